The molecule has 6 heteroatoms. The summed E-state index contributed by atoms with van der Waals surface area (Å²) in [4.78, 5) is 24.2. The molecule has 0 aliphatic heterocycles. The molecule has 5 nitrogen and oxygen atoms in total. The van der Waals surface area contributed by atoms with E-state index >= 15 is 0 Å². The zero-order valence-electron chi connectivity index (χ0n) is 10.7. The van der Waals surface area contributed by atoms with Gasteiger partial charge >= 0.3 is 0 Å². The molecule has 0 aliphatic rings. The van der Waals surface area contributed by atoms with Crippen LogP contribution >= 0.6 is 0 Å². The van der Waals surface area contributed by atoms with Gasteiger partial charge in [0.2, 0.25) is 5.91 Å². The largest absolute Gasteiger partial charge is 0.370 e. The van der Waals surface area contributed by atoms with Crippen molar-refractivity contribution in [2.75, 3.05) is 7.05 Å². The van der Waals surface area contributed by atoms with Crippen LogP contribution in [0.4, 0.5) is 4.39 Å². The second-order valence-corrected chi connectivity index (χ2v) is 4.28. The van der Waals surface area contributed by atoms with E-state index in [1.807, 2.05) is 0 Å². The van der Waals surface area contributed by atoms with E-state index in [-0.39, 0.29) is 17.5 Å². The fourth-order valence-electron chi connectivity index (χ4n) is 1.61. The molecular formula is C13H14FN3O2. The van der Waals surface area contributed by atoms with E-state index in [2.05, 4.69) is 0 Å². The molecule has 1 unspecified atom stereocenters. The third-order valence-corrected chi connectivity index (χ3v) is 2.75. The van der Waals surface area contributed by atoms with Crippen LogP contribution < -0.4 is 5.73 Å². The number of carbonyl (C=O) groups excluding carboxylic acids is 2. The number of hydrogen-bond acceptors (Lipinski definition) is 3. The number of carbonyl (C=O) groups is 2. The van der Waals surface area contributed by atoms with Gasteiger partial charge in [-0.1, -0.05) is 0 Å². The van der Waals surface area contributed by atoms with Gasteiger partial charge in [0.25, 0.3) is 5.91 Å². The van der Waals surface area contributed by atoms with E-state index in [0.717, 1.165) is 12.1 Å². The summed E-state index contributed by atoms with van der Waals surface area (Å²) in [5, 5.41) is 8.73. The van der Waals surface area contributed by atoms with Crippen molar-refractivity contribution in [2.45, 2.75) is 19.4 Å². The second kappa shape index (κ2) is 5.96. The van der Waals surface area contributed by atoms with Gasteiger partial charge in [-0.25, -0.2) is 4.39 Å². The Hall–Kier alpha value is -2.42. The SMILES string of the molecule is CC(CC(N)=O)N(C)C(=O)c1cc(F)cc(C#N)c1. The Bertz CT molecular complexity index is 551. The number of primary amides is 1. The number of benzene rings is 1. The van der Waals surface area contributed by atoms with Gasteiger partial charge in [-0.3, -0.25) is 9.59 Å². The van der Waals surface area contributed by atoms with Crippen LogP contribution in [0.25, 0.3) is 0 Å². The zero-order chi connectivity index (χ0) is 14.6. The summed E-state index contributed by atoms with van der Waals surface area (Å²) < 4.78 is 13.3. The molecule has 2 amide bonds. The molecule has 0 bridgehead atoms. The van der Waals surface area contributed by atoms with Crippen molar-refractivity contribution in [1.82, 2.24) is 4.90 Å². The lowest BCUT2D eigenvalue weighted by Gasteiger charge is -2.24. The van der Waals surface area contributed by atoms with Crippen LogP contribution in [0, 0.1) is 17.1 Å². The van der Waals surface area contributed by atoms with E-state index in [1.54, 1.807) is 13.0 Å². The minimum atomic E-state index is -0.654. The highest BCUT2D eigenvalue weighted by Gasteiger charge is 2.20. The molecule has 0 fully saturated rings. The molecule has 1 aromatic rings. The maximum atomic E-state index is 13.3. The van der Waals surface area contributed by atoms with Crippen LogP contribution in [-0.4, -0.2) is 29.8 Å². The quantitative estimate of drug-likeness (QED) is 0.880. The Morgan fingerprint density at radius 1 is 1.47 bits per heavy atom. The summed E-state index contributed by atoms with van der Waals surface area (Å²) in [6, 6.07) is 4.78. The third kappa shape index (κ3) is 3.78. The highest BCUT2D eigenvalue weighted by molar-refractivity contribution is 5.94. The Labute approximate surface area is 110 Å². The van der Waals surface area contributed by atoms with Crippen LogP contribution in [0.1, 0.15) is 29.3 Å². The first-order valence-corrected chi connectivity index (χ1v) is 5.61. The normalized spacial score (nSPS) is 11.5. The first-order valence-electron chi connectivity index (χ1n) is 5.61. The molecule has 0 saturated heterocycles. The molecule has 19 heavy (non-hydrogen) atoms. The minimum absolute atomic E-state index is 0.0165. The van der Waals surface area contributed by atoms with E-state index in [1.165, 1.54) is 18.0 Å². The Balaban J connectivity index is 2.97. The van der Waals surface area contributed by atoms with Crippen molar-refractivity contribution in [3.8, 4) is 6.07 Å². The molecule has 1 aromatic carbocycles. The van der Waals surface area contributed by atoms with Gasteiger partial charge in [-0.2, -0.15) is 5.26 Å². The Kier molecular flexibility index (Phi) is 4.59. The molecule has 0 saturated carbocycles. The lowest BCUT2D eigenvalue weighted by atomic mass is 10.1. The lowest BCUT2D eigenvalue weighted by Crippen LogP contribution is -2.37. The summed E-state index contributed by atoms with van der Waals surface area (Å²) in [6.45, 7) is 1.66. The molecule has 0 aromatic heterocycles. The maximum absolute atomic E-state index is 13.3. The number of hydrogen-bond donors (Lipinski definition) is 1. The van der Waals surface area contributed by atoms with Gasteiger partial charge in [-0.05, 0) is 25.1 Å². The molecular weight excluding hydrogens is 249 g/mol. The van der Waals surface area contributed by atoms with E-state index < -0.39 is 23.7 Å². The van der Waals surface area contributed by atoms with E-state index in [0.29, 0.717) is 0 Å². The van der Waals surface area contributed by atoms with Gasteiger partial charge < -0.3 is 10.6 Å². The molecule has 2 N–H and O–H groups in total. The standard InChI is InChI=1S/C13H14FN3O2/c1-8(3-12(16)18)17(2)13(19)10-4-9(7-15)5-11(14)6-10/h4-6,8H,3H2,1-2H3,(H2,16,18). The van der Waals surface area contributed by atoms with Crippen molar-refractivity contribution in [1.29, 1.82) is 5.26 Å². The molecule has 0 spiro atoms. The topological polar surface area (TPSA) is 87.2 Å². The number of amides is 2. The van der Waals surface area contributed by atoms with Gasteiger partial charge in [0.05, 0.1) is 11.6 Å². The van der Waals surface area contributed by atoms with E-state index in [9.17, 15) is 14.0 Å². The maximum Gasteiger partial charge on any atom is 0.253 e. The second-order valence-electron chi connectivity index (χ2n) is 4.28. The molecule has 0 aliphatic carbocycles. The predicted octanol–water partition coefficient (Wildman–Crippen LogP) is 1.03. The summed E-state index contributed by atoms with van der Waals surface area (Å²) in [6.07, 6.45) is 0.0165. The van der Waals surface area contributed by atoms with Crippen molar-refractivity contribution >= 4 is 11.8 Å². The molecule has 100 valence electrons. The van der Waals surface area contributed by atoms with Gasteiger partial charge in [0.1, 0.15) is 5.82 Å². The van der Waals surface area contributed by atoms with Crippen molar-refractivity contribution in [3.63, 3.8) is 0 Å². The van der Waals surface area contributed by atoms with E-state index in [4.69, 9.17) is 11.0 Å². The van der Waals surface area contributed by atoms with Crippen LogP contribution in [0.15, 0.2) is 18.2 Å². The monoisotopic (exact) mass is 263 g/mol. The summed E-state index contributed by atoms with van der Waals surface area (Å²) in [5.41, 5.74) is 5.19. The minimum Gasteiger partial charge on any atom is -0.370 e. The number of rotatable bonds is 4. The van der Waals surface area contributed by atoms with Gasteiger partial charge in [0, 0.05) is 25.1 Å². The number of nitrogens with zero attached hydrogens (tertiary/aromatic N) is 2. The highest BCUT2D eigenvalue weighted by Crippen LogP contribution is 2.13. The Morgan fingerprint density at radius 2 is 2.11 bits per heavy atom. The van der Waals surface area contributed by atoms with Crippen LogP contribution in [0.3, 0.4) is 0 Å². The van der Waals surface area contributed by atoms with Crippen LogP contribution in [-0.2, 0) is 4.79 Å². The number of halogens is 1. The molecule has 1 atom stereocenters. The first-order chi connectivity index (χ1) is 8.85. The third-order valence-electron chi connectivity index (χ3n) is 2.75. The smallest absolute Gasteiger partial charge is 0.253 e. The number of nitriles is 1. The van der Waals surface area contributed by atoms with Crippen molar-refractivity contribution in [3.05, 3.63) is 35.1 Å². The zero-order valence-corrected chi connectivity index (χ0v) is 10.7. The van der Waals surface area contributed by atoms with Crippen molar-refractivity contribution < 1.29 is 14.0 Å². The first kappa shape index (κ1) is 14.6. The molecule has 0 heterocycles. The summed E-state index contributed by atoms with van der Waals surface area (Å²) in [5.74, 6) is -1.65. The van der Waals surface area contributed by atoms with Gasteiger partial charge in [0.15, 0.2) is 0 Å². The lowest BCUT2D eigenvalue weighted by molar-refractivity contribution is -0.118. The number of nitrogens with two attached hydrogens (primary N) is 1. The Morgan fingerprint density at radius 3 is 2.63 bits per heavy atom. The fraction of sp³-hybridized carbons (Fsp3) is 0.308. The highest BCUT2D eigenvalue weighted by atomic mass is 19.1. The fourth-order valence-corrected chi connectivity index (χ4v) is 1.61. The predicted molar refractivity (Wildman–Crippen MR) is 66.5 cm³/mol. The van der Waals surface area contributed by atoms with Crippen LogP contribution in [0.2, 0.25) is 0 Å². The molecule has 0 radical (unpaired) electrons. The average Bonchev–Trinajstić information content (AvgIpc) is 2.35. The average molecular weight is 263 g/mol. The summed E-state index contributed by atoms with van der Waals surface area (Å²) >= 11 is 0. The van der Waals surface area contributed by atoms with Crippen LogP contribution in [0.5, 0.6) is 0 Å². The van der Waals surface area contributed by atoms with Crippen molar-refractivity contribution in [2.24, 2.45) is 5.73 Å². The molecule has 1 rings (SSSR count). The summed E-state index contributed by atoms with van der Waals surface area (Å²) in [7, 11) is 1.49. The van der Waals surface area contributed by atoms with Gasteiger partial charge in [-0.15, -0.1) is 0 Å².